The van der Waals surface area contributed by atoms with Crippen LogP contribution in [0.2, 0.25) is 5.02 Å². The van der Waals surface area contributed by atoms with Crippen LogP contribution in [-0.2, 0) is 0 Å². The van der Waals surface area contributed by atoms with Crippen LogP contribution in [0.25, 0.3) is 11.0 Å². The number of hydrogen-bond donors (Lipinski definition) is 3. The SMILES string of the molecule is NC(=O)c1oc2ccc(Cl)cc2c1NC(O)c1ccc(F)cc1. The van der Waals surface area contributed by atoms with Crippen molar-refractivity contribution in [2.24, 2.45) is 5.73 Å². The van der Waals surface area contributed by atoms with Crippen LogP contribution in [-0.4, -0.2) is 11.0 Å². The molecule has 5 nitrogen and oxygen atoms in total. The van der Waals surface area contributed by atoms with Gasteiger partial charge in [0.25, 0.3) is 5.91 Å². The summed E-state index contributed by atoms with van der Waals surface area (Å²) in [5.74, 6) is -1.33. The fourth-order valence-electron chi connectivity index (χ4n) is 2.25. The first-order chi connectivity index (χ1) is 11.0. The molecule has 1 atom stereocenters. The van der Waals surface area contributed by atoms with E-state index in [-0.39, 0.29) is 11.4 Å². The molecule has 0 saturated carbocycles. The van der Waals surface area contributed by atoms with Crippen molar-refractivity contribution in [2.75, 3.05) is 5.32 Å². The Morgan fingerprint density at radius 3 is 2.61 bits per heavy atom. The van der Waals surface area contributed by atoms with Crippen LogP contribution in [0.4, 0.5) is 10.1 Å². The van der Waals surface area contributed by atoms with Gasteiger partial charge in [0.15, 0.2) is 6.23 Å². The van der Waals surface area contributed by atoms with Crippen molar-refractivity contribution in [1.82, 2.24) is 0 Å². The molecule has 0 radical (unpaired) electrons. The molecule has 0 saturated heterocycles. The van der Waals surface area contributed by atoms with Gasteiger partial charge in [0.2, 0.25) is 5.76 Å². The predicted octanol–water partition coefficient (Wildman–Crippen LogP) is 3.43. The van der Waals surface area contributed by atoms with Crippen LogP contribution < -0.4 is 11.1 Å². The van der Waals surface area contributed by atoms with Gasteiger partial charge >= 0.3 is 0 Å². The lowest BCUT2D eigenvalue weighted by Crippen LogP contribution is -2.15. The highest BCUT2D eigenvalue weighted by Gasteiger charge is 2.21. The minimum Gasteiger partial charge on any atom is -0.449 e. The summed E-state index contributed by atoms with van der Waals surface area (Å²) in [7, 11) is 0. The highest BCUT2D eigenvalue weighted by atomic mass is 35.5. The third kappa shape index (κ3) is 2.99. The van der Waals surface area contributed by atoms with Crippen LogP contribution in [0.1, 0.15) is 22.3 Å². The lowest BCUT2D eigenvalue weighted by atomic mass is 10.1. The second-order valence-electron chi connectivity index (χ2n) is 4.91. The first kappa shape index (κ1) is 15.3. The molecule has 118 valence electrons. The van der Waals surface area contributed by atoms with E-state index in [4.69, 9.17) is 21.8 Å². The Balaban J connectivity index is 2.03. The number of aliphatic hydroxyl groups is 1. The molecule has 0 aliphatic carbocycles. The maximum Gasteiger partial charge on any atom is 0.286 e. The lowest BCUT2D eigenvalue weighted by molar-refractivity contribution is 0.0976. The number of benzene rings is 2. The van der Waals surface area contributed by atoms with Crippen molar-refractivity contribution in [3.63, 3.8) is 0 Å². The number of furan rings is 1. The Labute approximate surface area is 135 Å². The van der Waals surface area contributed by atoms with Crippen LogP contribution in [0.5, 0.6) is 0 Å². The zero-order chi connectivity index (χ0) is 16.6. The highest BCUT2D eigenvalue weighted by Crippen LogP contribution is 2.34. The van der Waals surface area contributed by atoms with Gasteiger partial charge in [0, 0.05) is 16.0 Å². The van der Waals surface area contributed by atoms with Crippen molar-refractivity contribution in [3.8, 4) is 0 Å². The first-order valence-electron chi connectivity index (χ1n) is 6.67. The van der Waals surface area contributed by atoms with Crippen molar-refractivity contribution in [2.45, 2.75) is 6.23 Å². The maximum atomic E-state index is 13.0. The molecule has 1 heterocycles. The molecule has 0 fully saturated rings. The zero-order valence-electron chi connectivity index (χ0n) is 11.7. The maximum absolute atomic E-state index is 13.0. The largest absolute Gasteiger partial charge is 0.449 e. The second kappa shape index (κ2) is 5.91. The quantitative estimate of drug-likeness (QED) is 0.638. The van der Waals surface area contributed by atoms with Crippen molar-refractivity contribution in [3.05, 3.63) is 64.6 Å². The van der Waals surface area contributed by atoms with E-state index in [9.17, 15) is 14.3 Å². The minimum absolute atomic E-state index is 0.122. The smallest absolute Gasteiger partial charge is 0.286 e. The van der Waals surface area contributed by atoms with E-state index < -0.39 is 18.0 Å². The third-order valence-electron chi connectivity index (χ3n) is 3.34. The fourth-order valence-corrected chi connectivity index (χ4v) is 2.42. The van der Waals surface area contributed by atoms with E-state index in [0.29, 0.717) is 21.6 Å². The number of aliphatic hydroxyl groups excluding tert-OH is 1. The number of primary amides is 1. The normalized spacial score (nSPS) is 12.3. The van der Waals surface area contributed by atoms with Gasteiger partial charge in [-0.2, -0.15) is 0 Å². The van der Waals surface area contributed by atoms with Crippen molar-refractivity contribution in [1.29, 1.82) is 0 Å². The van der Waals surface area contributed by atoms with Gasteiger partial charge < -0.3 is 20.6 Å². The number of rotatable bonds is 4. The summed E-state index contributed by atoms with van der Waals surface area (Å²) in [4.78, 5) is 11.6. The Morgan fingerprint density at radius 2 is 1.96 bits per heavy atom. The van der Waals surface area contributed by atoms with E-state index in [0.717, 1.165) is 0 Å². The van der Waals surface area contributed by atoms with Gasteiger partial charge in [-0.25, -0.2) is 4.39 Å². The van der Waals surface area contributed by atoms with Gasteiger partial charge in [-0.15, -0.1) is 0 Å². The number of halogens is 2. The molecule has 1 unspecified atom stereocenters. The summed E-state index contributed by atoms with van der Waals surface area (Å²) in [6.45, 7) is 0. The minimum atomic E-state index is -1.19. The van der Waals surface area contributed by atoms with Gasteiger partial charge in [-0.1, -0.05) is 23.7 Å². The number of anilines is 1. The fraction of sp³-hybridized carbons (Fsp3) is 0.0625. The van der Waals surface area contributed by atoms with Gasteiger partial charge in [-0.3, -0.25) is 4.79 Å². The van der Waals surface area contributed by atoms with Crippen molar-refractivity contribution < 1.29 is 18.7 Å². The van der Waals surface area contributed by atoms with E-state index >= 15 is 0 Å². The Kier molecular flexibility index (Phi) is 3.94. The molecule has 0 aliphatic heterocycles. The zero-order valence-corrected chi connectivity index (χ0v) is 12.5. The third-order valence-corrected chi connectivity index (χ3v) is 3.58. The van der Waals surface area contributed by atoms with Crippen LogP contribution >= 0.6 is 11.6 Å². The topological polar surface area (TPSA) is 88.5 Å². The summed E-state index contributed by atoms with van der Waals surface area (Å²) in [5, 5.41) is 14.0. The molecule has 3 aromatic rings. The first-order valence-corrected chi connectivity index (χ1v) is 7.05. The van der Waals surface area contributed by atoms with Crippen LogP contribution in [0.3, 0.4) is 0 Å². The number of nitrogens with one attached hydrogen (secondary N) is 1. The van der Waals surface area contributed by atoms with E-state index in [1.165, 1.54) is 24.3 Å². The molecular formula is C16H12ClFN2O3. The molecule has 1 amide bonds. The summed E-state index contributed by atoms with van der Waals surface area (Å²) in [5.41, 5.74) is 6.36. The summed E-state index contributed by atoms with van der Waals surface area (Å²) in [6.07, 6.45) is -1.19. The van der Waals surface area contributed by atoms with E-state index in [1.54, 1.807) is 18.2 Å². The Morgan fingerprint density at radius 1 is 1.26 bits per heavy atom. The average molecular weight is 335 g/mol. The average Bonchev–Trinajstić information content (AvgIpc) is 2.86. The number of nitrogens with two attached hydrogens (primary N) is 1. The monoisotopic (exact) mass is 334 g/mol. The Bertz CT molecular complexity index is 877. The molecule has 0 aliphatic rings. The van der Waals surface area contributed by atoms with Gasteiger partial charge in [0.1, 0.15) is 11.4 Å². The standard InChI is InChI=1S/C16H12ClFN2O3/c17-9-3-6-12-11(7-9)13(14(23-12)15(19)21)20-16(22)8-1-4-10(18)5-2-8/h1-7,16,20,22H,(H2,19,21). The molecule has 0 spiro atoms. The van der Waals surface area contributed by atoms with E-state index in [2.05, 4.69) is 5.32 Å². The van der Waals surface area contributed by atoms with Gasteiger partial charge in [-0.05, 0) is 30.3 Å². The molecular weight excluding hydrogens is 323 g/mol. The molecule has 23 heavy (non-hydrogen) atoms. The van der Waals surface area contributed by atoms with Crippen LogP contribution in [0, 0.1) is 5.82 Å². The molecule has 4 N–H and O–H groups in total. The molecule has 0 bridgehead atoms. The van der Waals surface area contributed by atoms with E-state index in [1.807, 2.05) is 0 Å². The Hall–Kier alpha value is -2.57. The number of carbonyl (C=O) groups is 1. The van der Waals surface area contributed by atoms with Crippen molar-refractivity contribution >= 4 is 34.2 Å². The number of hydrogen-bond acceptors (Lipinski definition) is 4. The highest BCUT2D eigenvalue weighted by molar-refractivity contribution is 6.31. The lowest BCUT2D eigenvalue weighted by Gasteiger charge is -2.14. The molecule has 1 aromatic heterocycles. The molecule has 2 aromatic carbocycles. The second-order valence-corrected chi connectivity index (χ2v) is 5.35. The number of amides is 1. The summed E-state index contributed by atoms with van der Waals surface area (Å²) < 4.78 is 18.4. The summed E-state index contributed by atoms with van der Waals surface area (Å²) >= 11 is 5.96. The van der Waals surface area contributed by atoms with Gasteiger partial charge in [0.05, 0.1) is 5.69 Å². The number of fused-ring (bicyclic) bond motifs is 1. The molecule has 7 heteroatoms. The number of carbonyl (C=O) groups excluding carboxylic acids is 1. The predicted molar refractivity (Wildman–Crippen MR) is 84.7 cm³/mol. The van der Waals surface area contributed by atoms with Crippen LogP contribution in [0.15, 0.2) is 46.9 Å². The summed E-state index contributed by atoms with van der Waals surface area (Å²) in [6, 6.07) is 10.1. The molecule has 3 rings (SSSR count).